The summed E-state index contributed by atoms with van der Waals surface area (Å²) in [5, 5.41) is 3.33. The molecular formula is C17H19N3O. The van der Waals surface area contributed by atoms with Gasteiger partial charge in [-0.15, -0.1) is 0 Å². The largest absolute Gasteiger partial charge is 0.496 e. The van der Waals surface area contributed by atoms with E-state index in [-0.39, 0.29) is 0 Å². The number of aromatic nitrogens is 2. The van der Waals surface area contributed by atoms with Crippen molar-refractivity contribution >= 4 is 5.65 Å². The Morgan fingerprint density at radius 2 is 2.10 bits per heavy atom. The number of pyridine rings is 1. The Morgan fingerprint density at radius 1 is 1.24 bits per heavy atom. The minimum absolute atomic E-state index is 0.841. The minimum atomic E-state index is 0.841. The first kappa shape index (κ1) is 13.6. The maximum Gasteiger partial charge on any atom is 0.137 e. The van der Waals surface area contributed by atoms with Crippen molar-refractivity contribution in [3.8, 4) is 17.0 Å². The van der Waals surface area contributed by atoms with E-state index in [1.54, 1.807) is 7.11 Å². The number of para-hydroxylation sites is 1. The Bertz CT molecular complexity index is 749. The third-order valence-electron chi connectivity index (χ3n) is 3.49. The van der Waals surface area contributed by atoms with Crippen LogP contribution in [0.2, 0.25) is 0 Å². The van der Waals surface area contributed by atoms with Gasteiger partial charge >= 0.3 is 0 Å². The molecule has 4 nitrogen and oxygen atoms in total. The van der Waals surface area contributed by atoms with E-state index < -0.39 is 0 Å². The highest BCUT2D eigenvalue weighted by molar-refractivity contribution is 5.69. The monoisotopic (exact) mass is 281 g/mol. The van der Waals surface area contributed by atoms with Gasteiger partial charge in [0.1, 0.15) is 11.4 Å². The molecule has 0 radical (unpaired) electrons. The van der Waals surface area contributed by atoms with Gasteiger partial charge in [0.25, 0.3) is 0 Å². The number of rotatable bonds is 5. The van der Waals surface area contributed by atoms with Crippen molar-refractivity contribution in [2.75, 3.05) is 13.7 Å². The highest BCUT2D eigenvalue weighted by atomic mass is 16.5. The molecule has 3 aromatic rings. The van der Waals surface area contributed by atoms with Crippen LogP contribution in [0.15, 0.2) is 48.8 Å². The van der Waals surface area contributed by atoms with Crippen LogP contribution in [-0.4, -0.2) is 23.0 Å². The Hall–Kier alpha value is -2.33. The molecule has 0 spiro atoms. The molecular weight excluding hydrogens is 262 g/mol. The average Bonchev–Trinajstić information content (AvgIpc) is 2.95. The second-order valence-corrected chi connectivity index (χ2v) is 4.91. The van der Waals surface area contributed by atoms with Crippen LogP contribution in [0.5, 0.6) is 5.75 Å². The Balaban J connectivity index is 2.00. The number of fused-ring (bicyclic) bond motifs is 1. The van der Waals surface area contributed by atoms with Crippen molar-refractivity contribution in [3.05, 3.63) is 54.4 Å². The Morgan fingerprint density at radius 3 is 2.90 bits per heavy atom. The van der Waals surface area contributed by atoms with E-state index in [2.05, 4.69) is 24.4 Å². The van der Waals surface area contributed by atoms with Crippen molar-refractivity contribution in [3.63, 3.8) is 0 Å². The van der Waals surface area contributed by atoms with E-state index in [0.29, 0.717) is 0 Å². The molecule has 0 aliphatic rings. The van der Waals surface area contributed by atoms with Crippen LogP contribution in [0.25, 0.3) is 16.9 Å². The quantitative estimate of drug-likeness (QED) is 0.781. The van der Waals surface area contributed by atoms with Gasteiger partial charge in [0.15, 0.2) is 0 Å². The van der Waals surface area contributed by atoms with Crippen molar-refractivity contribution in [1.29, 1.82) is 0 Å². The lowest BCUT2D eigenvalue weighted by Crippen LogP contribution is -2.11. The molecule has 1 aromatic carbocycles. The van der Waals surface area contributed by atoms with Crippen LogP contribution >= 0.6 is 0 Å². The van der Waals surface area contributed by atoms with E-state index in [4.69, 9.17) is 9.72 Å². The molecule has 1 N–H and O–H groups in total. The number of benzene rings is 1. The van der Waals surface area contributed by atoms with Crippen LogP contribution in [0, 0.1) is 0 Å². The van der Waals surface area contributed by atoms with Crippen LogP contribution in [-0.2, 0) is 6.54 Å². The lowest BCUT2D eigenvalue weighted by Gasteiger charge is -2.04. The summed E-state index contributed by atoms with van der Waals surface area (Å²) >= 11 is 0. The molecule has 0 unspecified atom stereocenters. The van der Waals surface area contributed by atoms with Crippen LogP contribution in [0.3, 0.4) is 0 Å². The Kier molecular flexibility index (Phi) is 3.88. The van der Waals surface area contributed by atoms with Gasteiger partial charge in [-0.2, -0.15) is 0 Å². The first-order valence-electron chi connectivity index (χ1n) is 7.13. The molecule has 108 valence electrons. The fraction of sp³-hybridized carbons (Fsp3) is 0.235. The van der Waals surface area contributed by atoms with Gasteiger partial charge in [0.05, 0.1) is 12.8 Å². The Labute approximate surface area is 124 Å². The molecule has 0 amide bonds. The zero-order valence-corrected chi connectivity index (χ0v) is 12.3. The number of methoxy groups -OCH3 is 1. The molecule has 4 heteroatoms. The van der Waals surface area contributed by atoms with Gasteiger partial charge in [0, 0.05) is 24.5 Å². The summed E-state index contributed by atoms with van der Waals surface area (Å²) in [6.45, 7) is 3.93. The van der Waals surface area contributed by atoms with Crippen molar-refractivity contribution in [1.82, 2.24) is 14.7 Å². The summed E-state index contributed by atoms with van der Waals surface area (Å²) in [4.78, 5) is 4.72. The highest BCUT2D eigenvalue weighted by Gasteiger charge is 2.09. The van der Waals surface area contributed by atoms with Crippen molar-refractivity contribution in [2.45, 2.75) is 13.5 Å². The molecule has 21 heavy (non-hydrogen) atoms. The molecule has 0 saturated heterocycles. The highest BCUT2D eigenvalue weighted by Crippen LogP contribution is 2.28. The number of imidazole rings is 1. The van der Waals surface area contributed by atoms with Gasteiger partial charge in [0.2, 0.25) is 0 Å². The summed E-state index contributed by atoms with van der Waals surface area (Å²) in [5.74, 6) is 0.841. The van der Waals surface area contributed by atoms with Crippen molar-refractivity contribution < 1.29 is 4.74 Å². The van der Waals surface area contributed by atoms with Crippen LogP contribution < -0.4 is 10.1 Å². The van der Waals surface area contributed by atoms with Gasteiger partial charge in [-0.05, 0) is 36.4 Å². The third-order valence-corrected chi connectivity index (χ3v) is 3.49. The van der Waals surface area contributed by atoms with E-state index in [1.165, 1.54) is 5.56 Å². The number of ether oxygens (including phenoxy) is 1. The fourth-order valence-electron chi connectivity index (χ4n) is 2.39. The SMILES string of the molecule is CCNCc1ccn2cc(-c3ccccc3OC)nc2c1. The molecule has 0 atom stereocenters. The second-order valence-electron chi connectivity index (χ2n) is 4.91. The fourth-order valence-corrected chi connectivity index (χ4v) is 2.39. The first-order valence-corrected chi connectivity index (χ1v) is 7.13. The minimum Gasteiger partial charge on any atom is -0.496 e. The molecule has 2 heterocycles. The smallest absolute Gasteiger partial charge is 0.137 e. The van der Waals surface area contributed by atoms with Crippen molar-refractivity contribution in [2.24, 2.45) is 0 Å². The van der Waals surface area contributed by atoms with E-state index in [9.17, 15) is 0 Å². The van der Waals surface area contributed by atoms with Gasteiger partial charge in [-0.3, -0.25) is 0 Å². The predicted molar refractivity (Wildman–Crippen MR) is 84.6 cm³/mol. The maximum atomic E-state index is 5.41. The van der Waals surface area contributed by atoms with Crippen LogP contribution in [0.1, 0.15) is 12.5 Å². The summed E-state index contributed by atoms with van der Waals surface area (Å²) in [7, 11) is 1.68. The first-order chi connectivity index (χ1) is 10.3. The van der Waals surface area contributed by atoms with E-state index >= 15 is 0 Å². The molecule has 3 rings (SSSR count). The predicted octanol–water partition coefficient (Wildman–Crippen LogP) is 3.12. The number of hydrogen-bond acceptors (Lipinski definition) is 3. The molecule has 0 aliphatic carbocycles. The topological polar surface area (TPSA) is 38.6 Å². The lowest BCUT2D eigenvalue weighted by atomic mass is 10.1. The zero-order chi connectivity index (χ0) is 14.7. The van der Waals surface area contributed by atoms with Gasteiger partial charge in [-0.25, -0.2) is 4.98 Å². The standard InChI is InChI=1S/C17H19N3O/c1-3-18-11-13-8-9-20-12-15(19-17(20)10-13)14-6-4-5-7-16(14)21-2/h4-10,12,18H,3,11H2,1-2H3. The molecule has 0 saturated carbocycles. The van der Waals surface area contributed by atoms with E-state index in [1.807, 2.05) is 41.1 Å². The second kappa shape index (κ2) is 5.97. The maximum absolute atomic E-state index is 5.41. The molecule has 0 fully saturated rings. The van der Waals surface area contributed by atoms with Gasteiger partial charge < -0.3 is 14.5 Å². The summed E-state index contributed by atoms with van der Waals surface area (Å²) in [5.41, 5.74) is 4.12. The molecule has 0 bridgehead atoms. The molecule has 0 aliphatic heterocycles. The summed E-state index contributed by atoms with van der Waals surface area (Å²) in [6, 6.07) is 12.2. The zero-order valence-electron chi connectivity index (χ0n) is 12.3. The lowest BCUT2D eigenvalue weighted by molar-refractivity contribution is 0.416. The van der Waals surface area contributed by atoms with E-state index in [0.717, 1.165) is 35.7 Å². The summed E-state index contributed by atoms with van der Waals surface area (Å²) < 4.78 is 7.45. The van der Waals surface area contributed by atoms with Crippen LogP contribution in [0.4, 0.5) is 0 Å². The number of hydrogen-bond donors (Lipinski definition) is 1. The normalized spacial score (nSPS) is 11.0. The molecule has 2 aromatic heterocycles. The average molecular weight is 281 g/mol. The number of nitrogens with zero attached hydrogens (tertiary/aromatic N) is 2. The summed E-state index contributed by atoms with van der Waals surface area (Å²) in [6.07, 6.45) is 4.08. The third kappa shape index (κ3) is 2.76. The van der Waals surface area contributed by atoms with Gasteiger partial charge in [-0.1, -0.05) is 19.1 Å². The number of nitrogens with one attached hydrogen (secondary N) is 1.